The molecule has 1 aliphatic heterocycles. The number of amides is 1. The van der Waals surface area contributed by atoms with E-state index in [0.29, 0.717) is 25.6 Å². The maximum absolute atomic E-state index is 13.0. The number of aryl methyl sites for hydroxylation is 3. The van der Waals surface area contributed by atoms with Crippen molar-refractivity contribution in [2.24, 2.45) is 0 Å². The molecule has 0 radical (unpaired) electrons. The number of nitrogens with one attached hydrogen (secondary N) is 1. The van der Waals surface area contributed by atoms with Crippen molar-refractivity contribution >= 4 is 5.91 Å². The third-order valence-electron chi connectivity index (χ3n) is 6.20. The molecule has 7 heteroatoms. The van der Waals surface area contributed by atoms with E-state index in [2.05, 4.69) is 26.8 Å². The van der Waals surface area contributed by atoms with E-state index in [0.717, 1.165) is 48.8 Å². The fourth-order valence-corrected chi connectivity index (χ4v) is 4.69. The lowest BCUT2D eigenvalue weighted by atomic mass is 10.1. The van der Waals surface area contributed by atoms with Crippen molar-refractivity contribution in [3.05, 3.63) is 50.7 Å². The van der Waals surface area contributed by atoms with Crippen molar-refractivity contribution in [1.29, 1.82) is 0 Å². The Kier molecular flexibility index (Phi) is 7.13. The normalized spacial score (nSPS) is 16.9. The summed E-state index contributed by atoms with van der Waals surface area (Å²) in [7, 11) is 0. The van der Waals surface area contributed by atoms with Crippen LogP contribution in [0.25, 0.3) is 0 Å². The minimum Gasteiger partial charge on any atom is -0.350 e. The van der Waals surface area contributed by atoms with E-state index in [-0.39, 0.29) is 16.9 Å². The van der Waals surface area contributed by atoms with Crippen LogP contribution in [0, 0.1) is 20.8 Å². The number of likely N-dealkylation sites (tertiary alicyclic amines) is 1. The molecule has 30 heavy (non-hydrogen) atoms. The number of rotatable bonds is 8. The summed E-state index contributed by atoms with van der Waals surface area (Å²) in [6.45, 7) is 14.1. The SMILES string of the molecule is CCc1c(C(=O)NCCn2nc(C)cc2C)c(=O)cc(C)n1C[C@@H]1CCCN1CC. The average molecular weight is 414 g/mol. The first kappa shape index (κ1) is 22.3. The molecule has 164 valence electrons. The van der Waals surface area contributed by atoms with Crippen LogP contribution in [0.2, 0.25) is 0 Å². The Morgan fingerprint density at radius 3 is 2.60 bits per heavy atom. The van der Waals surface area contributed by atoms with Gasteiger partial charge in [-0.25, -0.2) is 0 Å². The predicted octanol–water partition coefficient (Wildman–Crippen LogP) is 2.45. The Bertz CT molecular complexity index is 959. The summed E-state index contributed by atoms with van der Waals surface area (Å²) in [4.78, 5) is 28.2. The van der Waals surface area contributed by atoms with Gasteiger partial charge in [-0.2, -0.15) is 5.10 Å². The van der Waals surface area contributed by atoms with Gasteiger partial charge in [0, 0.05) is 42.3 Å². The van der Waals surface area contributed by atoms with Crippen LogP contribution < -0.4 is 10.7 Å². The molecule has 0 aliphatic carbocycles. The van der Waals surface area contributed by atoms with Crippen LogP contribution in [0.1, 0.15) is 59.8 Å². The second-order valence-corrected chi connectivity index (χ2v) is 8.27. The first-order valence-corrected chi connectivity index (χ1v) is 11.1. The van der Waals surface area contributed by atoms with Crippen molar-refractivity contribution in [3.63, 3.8) is 0 Å². The van der Waals surface area contributed by atoms with Gasteiger partial charge < -0.3 is 9.88 Å². The summed E-state index contributed by atoms with van der Waals surface area (Å²) in [6.07, 6.45) is 3.02. The predicted molar refractivity (Wildman–Crippen MR) is 119 cm³/mol. The molecule has 1 amide bonds. The molecular weight excluding hydrogens is 378 g/mol. The summed E-state index contributed by atoms with van der Waals surface area (Å²) in [6, 6.07) is 4.09. The molecule has 7 nitrogen and oxygen atoms in total. The number of nitrogens with zero attached hydrogens (tertiary/aromatic N) is 4. The van der Waals surface area contributed by atoms with Gasteiger partial charge in [0.25, 0.3) is 5.91 Å². The number of aromatic nitrogens is 3. The third kappa shape index (κ3) is 4.67. The second-order valence-electron chi connectivity index (χ2n) is 8.27. The number of likely N-dealkylation sites (N-methyl/N-ethyl adjacent to an activating group) is 1. The summed E-state index contributed by atoms with van der Waals surface area (Å²) in [5.41, 5.74) is 3.89. The van der Waals surface area contributed by atoms with Crippen molar-refractivity contribution < 1.29 is 4.79 Å². The topological polar surface area (TPSA) is 72.2 Å². The molecular formula is C23H35N5O2. The lowest BCUT2D eigenvalue weighted by Gasteiger charge is -2.27. The van der Waals surface area contributed by atoms with Gasteiger partial charge in [0.1, 0.15) is 5.56 Å². The summed E-state index contributed by atoms with van der Waals surface area (Å²) in [5.74, 6) is -0.286. The van der Waals surface area contributed by atoms with E-state index in [1.165, 1.54) is 6.42 Å². The van der Waals surface area contributed by atoms with Gasteiger partial charge >= 0.3 is 0 Å². The average Bonchev–Trinajstić information content (AvgIpc) is 3.28. The lowest BCUT2D eigenvalue weighted by Crippen LogP contribution is -2.37. The molecule has 1 aliphatic rings. The van der Waals surface area contributed by atoms with Gasteiger partial charge in [-0.15, -0.1) is 0 Å². The zero-order valence-electron chi connectivity index (χ0n) is 19.0. The monoisotopic (exact) mass is 413 g/mol. The molecule has 1 saturated heterocycles. The second kappa shape index (κ2) is 9.60. The van der Waals surface area contributed by atoms with Gasteiger partial charge in [0.2, 0.25) is 0 Å². The summed E-state index contributed by atoms with van der Waals surface area (Å²) >= 11 is 0. The van der Waals surface area contributed by atoms with Gasteiger partial charge in [0.05, 0.1) is 12.2 Å². The summed E-state index contributed by atoms with van der Waals surface area (Å²) in [5, 5.41) is 7.36. The first-order valence-electron chi connectivity index (χ1n) is 11.1. The largest absolute Gasteiger partial charge is 0.350 e. The molecule has 0 unspecified atom stereocenters. The third-order valence-corrected chi connectivity index (χ3v) is 6.20. The molecule has 0 bridgehead atoms. The highest BCUT2D eigenvalue weighted by Crippen LogP contribution is 2.21. The Hall–Kier alpha value is -2.41. The first-order chi connectivity index (χ1) is 14.3. The smallest absolute Gasteiger partial charge is 0.257 e. The Balaban J connectivity index is 1.80. The van der Waals surface area contributed by atoms with Gasteiger partial charge in [-0.3, -0.25) is 19.2 Å². The van der Waals surface area contributed by atoms with Gasteiger partial charge in [-0.05, 0) is 59.2 Å². The van der Waals surface area contributed by atoms with E-state index < -0.39 is 0 Å². The highest BCUT2D eigenvalue weighted by Gasteiger charge is 2.26. The van der Waals surface area contributed by atoms with E-state index in [4.69, 9.17) is 0 Å². The van der Waals surface area contributed by atoms with Crippen LogP contribution in [0.15, 0.2) is 16.9 Å². The van der Waals surface area contributed by atoms with Crippen LogP contribution in [0.4, 0.5) is 0 Å². The van der Waals surface area contributed by atoms with Crippen molar-refractivity contribution in [1.82, 2.24) is 24.6 Å². The van der Waals surface area contributed by atoms with Crippen molar-refractivity contribution in [3.8, 4) is 0 Å². The van der Waals surface area contributed by atoms with E-state index in [1.54, 1.807) is 6.07 Å². The van der Waals surface area contributed by atoms with Crippen molar-refractivity contribution in [2.75, 3.05) is 19.6 Å². The minimum absolute atomic E-state index is 0.192. The highest BCUT2D eigenvalue weighted by atomic mass is 16.2. The number of hydrogen-bond donors (Lipinski definition) is 1. The summed E-state index contributed by atoms with van der Waals surface area (Å²) < 4.78 is 4.07. The van der Waals surface area contributed by atoms with E-state index in [1.807, 2.05) is 38.4 Å². The molecule has 2 aromatic heterocycles. The molecule has 0 saturated carbocycles. The molecule has 1 atom stereocenters. The van der Waals surface area contributed by atoms with Crippen LogP contribution in [0.3, 0.4) is 0 Å². The van der Waals surface area contributed by atoms with Gasteiger partial charge in [-0.1, -0.05) is 13.8 Å². The molecule has 1 fully saturated rings. The lowest BCUT2D eigenvalue weighted by molar-refractivity contribution is 0.0948. The van der Waals surface area contributed by atoms with Gasteiger partial charge in [0.15, 0.2) is 5.43 Å². The van der Waals surface area contributed by atoms with Crippen LogP contribution in [-0.4, -0.2) is 50.8 Å². The van der Waals surface area contributed by atoms with Crippen LogP contribution in [0.5, 0.6) is 0 Å². The molecule has 2 aromatic rings. The molecule has 0 spiro atoms. The zero-order valence-corrected chi connectivity index (χ0v) is 19.0. The van der Waals surface area contributed by atoms with Crippen LogP contribution >= 0.6 is 0 Å². The number of carbonyl (C=O) groups is 1. The van der Waals surface area contributed by atoms with E-state index >= 15 is 0 Å². The fraction of sp³-hybridized carbons (Fsp3) is 0.609. The zero-order chi connectivity index (χ0) is 21.8. The molecule has 1 N–H and O–H groups in total. The fourth-order valence-electron chi connectivity index (χ4n) is 4.69. The Labute approximate surface area is 179 Å². The molecule has 3 heterocycles. The maximum atomic E-state index is 13.0. The Morgan fingerprint density at radius 1 is 1.20 bits per heavy atom. The molecule has 3 rings (SSSR count). The standard InChI is InChI=1S/C23H35N5O2/c1-6-20-22(23(30)24-10-12-28-18(5)13-16(3)25-28)21(29)14-17(4)27(20)15-19-9-8-11-26(19)7-2/h13-14,19H,6-12,15H2,1-5H3,(H,24,30)/t19-/m0/s1. The number of hydrogen-bond acceptors (Lipinski definition) is 4. The highest BCUT2D eigenvalue weighted by molar-refractivity contribution is 5.95. The maximum Gasteiger partial charge on any atom is 0.257 e. The van der Waals surface area contributed by atoms with Crippen molar-refractivity contribution in [2.45, 2.75) is 73.0 Å². The Morgan fingerprint density at radius 2 is 1.97 bits per heavy atom. The number of pyridine rings is 1. The number of carbonyl (C=O) groups excluding carboxylic acids is 1. The van der Waals surface area contributed by atoms with Crippen LogP contribution in [-0.2, 0) is 19.5 Å². The quantitative estimate of drug-likeness (QED) is 0.722. The van der Waals surface area contributed by atoms with E-state index in [9.17, 15) is 9.59 Å². The molecule has 0 aromatic carbocycles. The minimum atomic E-state index is -0.286.